The Morgan fingerprint density at radius 1 is 1.50 bits per heavy atom. The van der Waals surface area contributed by atoms with Crippen molar-refractivity contribution in [2.75, 3.05) is 0 Å². The van der Waals surface area contributed by atoms with Crippen LogP contribution in [0, 0.1) is 0 Å². The monoisotopic (exact) mass is 203 g/mol. The van der Waals surface area contributed by atoms with Crippen LogP contribution in [0.2, 0.25) is 0 Å². The van der Waals surface area contributed by atoms with Crippen molar-refractivity contribution in [3.63, 3.8) is 0 Å². The van der Waals surface area contributed by atoms with E-state index in [9.17, 15) is 0 Å². The predicted molar refractivity (Wildman–Crippen MR) is 42.7 cm³/mol. The maximum atomic E-state index is 3.81. The zero-order chi connectivity index (χ0) is 7.78. The second-order valence-corrected chi connectivity index (χ2v) is 3.85. The van der Waals surface area contributed by atoms with Gasteiger partial charge >= 0.3 is 0 Å². The van der Waals surface area contributed by atoms with Gasteiger partial charge in [-0.25, -0.2) is 0 Å². The van der Waals surface area contributed by atoms with Crippen LogP contribution in [0.25, 0.3) is 0 Å². The van der Waals surface area contributed by atoms with Crippen molar-refractivity contribution in [1.82, 2.24) is 14.8 Å². The van der Waals surface area contributed by atoms with E-state index in [0.29, 0.717) is 0 Å². The highest BCUT2D eigenvalue weighted by Crippen LogP contribution is 2.17. The van der Waals surface area contributed by atoms with E-state index in [0.717, 1.165) is 4.73 Å². The molecule has 1 aromatic rings. The first-order valence-corrected chi connectivity index (χ1v) is 3.87. The molecule has 0 saturated heterocycles. The van der Waals surface area contributed by atoms with E-state index in [1.165, 1.54) is 0 Å². The molecule has 1 aromatic heterocycles. The van der Waals surface area contributed by atoms with Gasteiger partial charge in [-0.3, -0.25) is 0 Å². The summed E-state index contributed by atoms with van der Waals surface area (Å²) in [5.74, 6) is 0. The summed E-state index contributed by atoms with van der Waals surface area (Å²) >= 11 is 3.29. The van der Waals surface area contributed by atoms with Crippen LogP contribution in [0.1, 0.15) is 20.8 Å². The van der Waals surface area contributed by atoms with Crippen LogP contribution in [-0.2, 0) is 5.54 Å². The lowest BCUT2D eigenvalue weighted by Gasteiger charge is -2.20. The molecule has 56 valence electrons. The predicted octanol–water partition coefficient (Wildman–Crippen LogP) is 1.80. The van der Waals surface area contributed by atoms with Gasteiger partial charge in [0.1, 0.15) is 6.33 Å². The number of nitrogens with zero attached hydrogens (tertiary/aromatic N) is 3. The smallest absolute Gasteiger partial charge is 0.200 e. The molecule has 0 aliphatic heterocycles. The average molecular weight is 204 g/mol. The second kappa shape index (κ2) is 2.34. The highest BCUT2D eigenvalue weighted by Gasteiger charge is 2.15. The van der Waals surface area contributed by atoms with Crippen LogP contribution in [-0.4, -0.2) is 14.8 Å². The molecule has 0 atom stereocenters. The van der Waals surface area contributed by atoms with Crippen molar-refractivity contribution in [1.29, 1.82) is 0 Å². The first-order chi connectivity index (χ1) is 4.52. The Kier molecular flexibility index (Phi) is 1.81. The van der Waals surface area contributed by atoms with E-state index in [2.05, 4.69) is 46.9 Å². The van der Waals surface area contributed by atoms with Crippen LogP contribution in [0.15, 0.2) is 11.1 Å². The second-order valence-electron chi connectivity index (χ2n) is 3.14. The first-order valence-electron chi connectivity index (χ1n) is 3.08. The number of hydrogen-bond acceptors (Lipinski definition) is 2. The van der Waals surface area contributed by atoms with Gasteiger partial charge < -0.3 is 4.57 Å². The fraction of sp³-hybridized carbons (Fsp3) is 0.667. The lowest BCUT2D eigenvalue weighted by molar-refractivity contribution is 0.388. The average Bonchev–Trinajstić information content (AvgIpc) is 2.11. The zero-order valence-corrected chi connectivity index (χ0v) is 7.88. The summed E-state index contributed by atoms with van der Waals surface area (Å²) in [6.07, 6.45) is 1.71. The molecule has 0 fully saturated rings. The molecule has 0 aliphatic rings. The van der Waals surface area contributed by atoms with Crippen molar-refractivity contribution in [3.05, 3.63) is 11.1 Å². The van der Waals surface area contributed by atoms with Crippen molar-refractivity contribution in [2.24, 2.45) is 0 Å². The van der Waals surface area contributed by atoms with Gasteiger partial charge in [-0.05, 0) is 36.7 Å². The molecule has 0 aliphatic carbocycles. The van der Waals surface area contributed by atoms with Crippen LogP contribution >= 0.6 is 15.9 Å². The Balaban J connectivity index is 3.05. The molecule has 0 saturated carbocycles. The Morgan fingerprint density at radius 3 is 2.30 bits per heavy atom. The molecule has 1 heterocycles. The van der Waals surface area contributed by atoms with Crippen LogP contribution < -0.4 is 0 Å². The highest BCUT2D eigenvalue weighted by atomic mass is 79.9. The van der Waals surface area contributed by atoms with Gasteiger partial charge in [-0.1, -0.05) is 0 Å². The molecular weight excluding hydrogens is 194 g/mol. The highest BCUT2D eigenvalue weighted by molar-refractivity contribution is 9.10. The summed E-state index contributed by atoms with van der Waals surface area (Å²) in [6, 6.07) is 0. The maximum absolute atomic E-state index is 3.81. The van der Waals surface area contributed by atoms with Crippen molar-refractivity contribution in [2.45, 2.75) is 26.3 Å². The molecule has 0 N–H and O–H groups in total. The molecule has 0 bridgehead atoms. The molecule has 0 unspecified atom stereocenters. The lowest BCUT2D eigenvalue weighted by atomic mass is 10.1. The minimum atomic E-state index is 0.0579. The van der Waals surface area contributed by atoms with E-state index in [1.807, 2.05) is 4.57 Å². The lowest BCUT2D eigenvalue weighted by Crippen LogP contribution is -2.20. The van der Waals surface area contributed by atoms with E-state index < -0.39 is 0 Å². The first kappa shape index (κ1) is 7.72. The zero-order valence-electron chi connectivity index (χ0n) is 6.30. The van der Waals surface area contributed by atoms with Crippen molar-refractivity contribution >= 4 is 15.9 Å². The summed E-state index contributed by atoms with van der Waals surface area (Å²) < 4.78 is 2.74. The van der Waals surface area contributed by atoms with Crippen LogP contribution in [0.4, 0.5) is 0 Å². The molecule has 0 radical (unpaired) electrons. The summed E-state index contributed by atoms with van der Waals surface area (Å²) in [4.78, 5) is 0. The topological polar surface area (TPSA) is 30.7 Å². The van der Waals surface area contributed by atoms with Crippen molar-refractivity contribution < 1.29 is 0 Å². The Bertz CT molecular complexity index is 223. The Hall–Kier alpha value is -0.380. The summed E-state index contributed by atoms with van der Waals surface area (Å²) in [6.45, 7) is 6.30. The molecular formula is C6H10BrN3. The summed E-state index contributed by atoms with van der Waals surface area (Å²) in [5.41, 5.74) is 0.0579. The number of hydrogen-bond donors (Lipinski definition) is 0. The molecule has 0 amide bonds. The van der Waals surface area contributed by atoms with Gasteiger partial charge in [0, 0.05) is 5.54 Å². The number of aromatic nitrogens is 3. The summed E-state index contributed by atoms with van der Waals surface area (Å²) in [5, 5.41) is 7.57. The third kappa shape index (κ3) is 1.37. The van der Waals surface area contributed by atoms with Gasteiger partial charge in [0.2, 0.25) is 0 Å². The minimum absolute atomic E-state index is 0.0579. The molecule has 10 heavy (non-hydrogen) atoms. The SMILES string of the molecule is CC(C)(C)n1cnnc1Br. The number of halogens is 1. The van der Waals surface area contributed by atoms with Gasteiger partial charge in [0.05, 0.1) is 0 Å². The van der Waals surface area contributed by atoms with E-state index in [-0.39, 0.29) is 5.54 Å². The third-order valence-electron chi connectivity index (χ3n) is 1.23. The summed E-state index contributed by atoms with van der Waals surface area (Å²) in [7, 11) is 0. The maximum Gasteiger partial charge on any atom is 0.200 e. The number of rotatable bonds is 0. The minimum Gasteiger partial charge on any atom is -0.303 e. The van der Waals surface area contributed by atoms with Gasteiger partial charge in [-0.2, -0.15) is 0 Å². The van der Waals surface area contributed by atoms with Gasteiger partial charge in [0.25, 0.3) is 0 Å². The van der Waals surface area contributed by atoms with Gasteiger partial charge in [0.15, 0.2) is 4.73 Å². The standard InChI is InChI=1S/C6H10BrN3/c1-6(2,3)10-4-8-9-5(10)7/h4H,1-3H3. The molecule has 0 spiro atoms. The fourth-order valence-corrected chi connectivity index (χ4v) is 1.39. The third-order valence-corrected chi connectivity index (χ3v) is 1.77. The van der Waals surface area contributed by atoms with Crippen molar-refractivity contribution in [3.8, 4) is 0 Å². The van der Waals surface area contributed by atoms with Crippen LogP contribution in [0.3, 0.4) is 0 Å². The molecule has 1 rings (SSSR count). The Morgan fingerprint density at radius 2 is 2.10 bits per heavy atom. The van der Waals surface area contributed by atoms with E-state index in [4.69, 9.17) is 0 Å². The molecule has 0 aromatic carbocycles. The molecule has 3 nitrogen and oxygen atoms in total. The van der Waals surface area contributed by atoms with E-state index >= 15 is 0 Å². The Labute approximate surface area is 68.6 Å². The molecule has 4 heteroatoms. The van der Waals surface area contributed by atoms with Crippen LogP contribution in [0.5, 0.6) is 0 Å². The quantitative estimate of drug-likeness (QED) is 0.645. The fourth-order valence-electron chi connectivity index (χ4n) is 0.671. The van der Waals surface area contributed by atoms with E-state index in [1.54, 1.807) is 6.33 Å². The normalized spacial score (nSPS) is 12.0. The van der Waals surface area contributed by atoms with Gasteiger partial charge in [-0.15, -0.1) is 10.2 Å². The largest absolute Gasteiger partial charge is 0.303 e.